The molecule has 2 rings (SSSR count). The minimum Gasteiger partial charge on any atom is -0.444 e. The van der Waals surface area contributed by atoms with E-state index in [9.17, 15) is 14.4 Å². The average molecular weight is 432 g/mol. The fraction of sp³-hybridized carbons (Fsp3) is 0.318. The van der Waals surface area contributed by atoms with Crippen LogP contribution in [-0.2, 0) is 27.3 Å². The molecule has 7 nitrogen and oxygen atoms in total. The van der Waals surface area contributed by atoms with Gasteiger partial charge in [-0.3, -0.25) is 9.59 Å². The molecular weight excluding hydrogens is 406 g/mol. The van der Waals surface area contributed by atoms with Crippen LogP contribution in [-0.4, -0.2) is 30.1 Å². The van der Waals surface area contributed by atoms with E-state index in [4.69, 9.17) is 16.3 Å². The van der Waals surface area contributed by atoms with Gasteiger partial charge in [-0.15, -0.1) is 0 Å². The molecule has 0 aromatic heterocycles. The lowest BCUT2D eigenvalue weighted by Gasteiger charge is -2.19. The highest BCUT2D eigenvalue weighted by Crippen LogP contribution is 2.15. The van der Waals surface area contributed by atoms with Crippen molar-refractivity contribution in [2.45, 2.75) is 39.3 Å². The molecule has 0 aliphatic rings. The number of ether oxygens (including phenoxy) is 1. The molecule has 0 radical (unpaired) electrons. The summed E-state index contributed by atoms with van der Waals surface area (Å²) in [6, 6.07) is 14.2. The third kappa shape index (κ3) is 8.53. The molecular formula is C22H26ClN3O4. The minimum absolute atomic E-state index is 0.148. The first-order chi connectivity index (χ1) is 14.1. The minimum atomic E-state index is -0.666. The van der Waals surface area contributed by atoms with Crippen molar-refractivity contribution in [2.75, 3.05) is 11.9 Å². The molecule has 0 aliphatic carbocycles. The molecule has 160 valence electrons. The number of anilines is 1. The molecule has 2 aromatic carbocycles. The Morgan fingerprint density at radius 3 is 2.27 bits per heavy atom. The Morgan fingerprint density at radius 2 is 1.60 bits per heavy atom. The third-order valence-electron chi connectivity index (χ3n) is 3.84. The van der Waals surface area contributed by atoms with Crippen molar-refractivity contribution in [2.24, 2.45) is 0 Å². The molecule has 0 saturated heterocycles. The highest BCUT2D eigenvalue weighted by atomic mass is 35.5. The van der Waals surface area contributed by atoms with Gasteiger partial charge in [0, 0.05) is 17.3 Å². The SMILES string of the molecule is CC(C)(C)OC(=O)NCC(=O)Nc1ccccc1CNC(=O)Cc1ccc(Cl)cc1. The summed E-state index contributed by atoms with van der Waals surface area (Å²) in [4.78, 5) is 36.0. The summed E-state index contributed by atoms with van der Waals surface area (Å²) in [5, 5.41) is 8.60. The largest absolute Gasteiger partial charge is 0.444 e. The van der Waals surface area contributed by atoms with Crippen molar-refractivity contribution in [3.63, 3.8) is 0 Å². The van der Waals surface area contributed by atoms with Crippen LogP contribution < -0.4 is 16.0 Å². The number of nitrogens with one attached hydrogen (secondary N) is 3. The van der Waals surface area contributed by atoms with Gasteiger partial charge in [-0.1, -0.05) is 41.9 Å². The second-order valence-electron chi connectivity index (χ2n) is 7.64. The number of hydrogen-bond donors (Lipinski definition) is 3. The Labute approximate surface area is 181 Å². The van der Waals surface area contributed by atoms with E-state index in [2.05, 4.69) is 16.0 Å². The number of benzene rings is 2. The summed E-state index contributed by atoms with van der Waals surface area (Å²) in [6.45, 7) is 5.24. The Balaban J connectivity index is 1.86. The number of rotatable bonds is 7. The monoisotopic (exact) mass is 431 g/mol. The van der Waals surface area contributed by atoms with Crippen molar-refractivity contribution >= 4 is 35.2 Å². The van der Waals surface area contributed by atoms with Crippen LogP contribution in [0.25, 0.3) is 0 Å². The van der Waals surface area contributed by atoms with Gasteiger partial charge in [-0.2, -0.15) is 0 Å². The second-order valence-corrected chi connectivity index (χ2v) is 8.08. The highest BCUT2D eigenvalue weighted by molar-refractivity contribution is 6.30. The zero-order valence-electron chi connectivity index (χ0n) is 17.3. The van der Waals surface area contributed by atoms with E-state index in [1.807, 2.05) is 6.07 Å². The summed E-state index contributed by atoms with van der Waals surface area (Å²) in [7, 11) is 0. The van der Waals surface area contributed by atoms with Crippen molar-refractivity contribution in [3.05, 3.63) is 64.7 Å². The number of alkyl carbamates (subject to hydrolysis) is 1. The Hall–Kier alpha value is -3.06. The van der Waals surface area contributed by atoms with Gasteiger partial charge in [0.05, 0.1) is 6.42 Å². The van der Waals surface area contributed by atoms with E-state index in [0.717, 1.165) is 11.1 Å². The van der Waals surface area contributed by atoms with E-state index >= 15 is 0 Å². The zero-order valence-corrected chi connectivity index (χ0v) is 18.0. The number of carbonyl (C=O) groups is 3. The van der Waals surface area contributed by atoms with Gasteiger partial charge in [0.15, 0.2) is 0 Å². The van der Waals surface area contributed by atoms with Crippen LogP contribution in [0.1, 0.15) is 31.9 Å². The molecule has 3 N–H and O–H groups in total. The van der Waals surface area contributed by atoms with Gasteiger partial charge in [0.25, 0.3) is 0 Å². The maximum Gasteiger partial charge on any atom is 0.408 e. The average Bonchev–Trinajstić information content (AvgIpc) is 2.66. The maximum atomic E-state index is 12.2. The number of hydrogen-bond acceptors (Lipinski definition) is 4. The Morgan fingerprint density at radius 1 is 0.933 bits per heavy atom. The Kier molecular flexibility index (Phi) is 8.24. The number of halogens is 1. The lowest BCUT2D eigenvalue weighted by molar-refractivity contribution is -0.120. The Bertz CT molecular complexity index is 892. The normalized spacial score (nSPS) is 10.8. The van der Waals surface area contributed by atoms with E-state index in [-0.39, 0.29) is 25.4 Å². The molecule has 0 bridgehead atoms. The molecule has 0 atom stereocenters. The van der Waals surface area contributed by atoms with Crippen molar-refractivity contribution < 1.29 is 19.1 Å². The highest BCUT2D eigenvalue weighted by Gasteiger charge is 2.17. The molecule has 3 amide bonds. The number of carbonyl (C=O) groups excluding carboxylic acids is 3. The van der Waals surface area contributed by atoms with Crippen molar-refractivity contribution in [3.8, 4) is 0 Å². The summed E-state index contributed by atoms with van der Waals surface area (Å²) in [5.41, 5.74) is 1.51. The van der Waals surface area contributed by atoms with Crippen molar-refractivity contribution in [1.29, 1.82) is 0 Å². The molecule has 0 heterocycles. The standard InChI is InChI=1S/C22H26ClN3O4/c1-22(2,3)30-21(29)25-14-20(28)26-18-7-5-4-6-16(18)13-24-19(27)12-15-8-10-17(23)11-9-15/h4-11H,12-14H2,1-3H3,(H,24,27)(H,25,29)(H,26,28). The fourth-order valence-corrected chi connectivity index (χ4v) is 2.63. The van der Waals surface area contributed by atoms with E-state index < -0.39 is 17.6 Å². The maximum absolute atomic E-state index is 12.2. The predicted molar refractivity (Wildman–Crippen MR) is 116 cm³/mol. The lowest BCUT2D eigenvalue weighted by atomic mass is 10.1. The van der Waals surface area contributed by atoms with Crippen LogP contribution in [0.2, 0.25) is 5.02 Å². The quantitative estimate of drug-likeness (QED) is 0.623. The fourth-order valence-electron chi connectivity index (χ4n) is 2.50. The van der Waals surface area contributed by atoms with Gasteiger partial charge < -0.3 is 20.7 Å². The van der Waals surface area contributed by atoms with Crippen LogP contribution in [0.15, 0.2) is 48.5 Å². The summed E-state index contributed by atoms with van der Waals surface area (Å²) < 4.78 is 5.10. The van der Waals surface area contributed by atoms with Crippen LogP contribution in [0.4, 0.5) is 10.5 Å². The summed E-state index contributed by atoms with van der Waals surface area (Å²) in [6.07, 6.45) is -0.439. The first-order valence-electron chi connectivity index (χ1n) is 9.48. The molecule has 0 unspecified atom stereocenters. The molecule has 0 saturated carbocycles. The van der Waals surface area contributed by atoms with Crippen molar-refractivity contribution in [1.82, 2.24) is 10.6 Å². The topological polar surface area (TPSA) is 96.5 Å². The van der Waals surface area contributed by atoms with E-state index in [1.54, 1.807) is 63.2 Å². The molecule has 0 aliphatic heterocycles. The van der Waals surface area contributed by atoms with E-state index in [1.165, 1.54) is 0 Å². The molecule has 2 aromatic rings. The summed E-state index contributed by atoms with van der Waals surface area (Å²) in [5.74, 6) is -0.550. The van der Waals surface area contributed by atoms with Gasteiger partial charge in [0.1, 0.15) is 12.1 Å². The lowest BCUT2D eigenvalue weighted by Crippen LogP contribution is -2.37. The smallest absolute Gasteiger partial charge is 0.408 e. The van der Waals surface area contributed by atoms with Crippen LogP contribution in [0.3, 0.4) is 0 Å². The van der Waals surface area contributed by atoms with Crippen LogP contribution in [0, 0.1) is 0 Å². The molecule has 8 heteroatoms. The van der Waals surface area contributed by atoms with Gasteiger partial charge in [0.2, 0.25) is 11.8 Å². The van der Waals surface area contributed by atoms with E-state index in [0.29, 0.717) is 10.7 Å². The van der Waals surface area contributed by atoms with Crippen LogP contribution >= 0.6 is 11.6 Å². The first-order valence-corrected chi connectivity index (χ1v) is 9.86. The van der Waals surface area contributed by atoms with Crippen LogP contribution in [0.5, 0.6) is 0 Å². The number of amides is 3. The summed E-state index contributed by atoms with van der Waals surface area (Å²) >= 11 is 5.85. The number of para-hydroxylation sites is 1. The predicted octanol–water partition coefficient (Wildman–Crippen LogP) is 3.66. The van der Waals surface area contributed by atoms with Gasteiger partial charge in [-0.25, -0.2) is 4.79 Å². The van der Waals surface area contributed by atoms with Gasteiger partial charge >= 0.3 is 6.09 Å². The first kappa shape index (κ1) is 23.2. The third-order valence-corrected chi connectivity index (χ3v) is 4.09. The second kappa shape index (κ2) is 10.6. The van der Waals surface area contributed by atoms with Gasteiger partial charge in [-0.05, 0) is 50.1 Å². The molecule has 0 fully saturated rings. The molecule has 0 spiro atoms. The molecule has 30 heavy (non-hydrogen) atoms. The zero-order chi connectivity index (χ0) is 22.1.